The molecule has 0 saturated heterocycles. The van der Waals surface area contributed by atoms with Crippen molar-refractivity contribution < 1.29 is 4.79 Å². The molecule has 0 aliphatic rings. The van der Waals surface area contributed by atoms with E-state index in [9.17, 15) is 4.79 Å². The Bertz CT molecular complexity index is 540. The number of rotatable bonds is 2. The third kappa shape index (κ3) is 2.12. The number of hydrogen-bond acceptors (Lipinski definition) is 3. The van der Waals surface area contributed by atoms with Crippen LogP contribution >= 0.6 is 15.9 Å². The van der Waals surface area contributed by atoms with E-state index in [0.717, 1.165) is 4.47 Å². The fraction of sp³-hybridized carbons (Fsp3) is 0. The highest BCUT2D eigenvalue weighted by Crippen LogP contribution is 2.18. The molecule has 0 unspecified atom stereocenters. The van der Waals surface area contributed by atoms with Gasteiger partial charge in [0.1, 0.15) is 0 Å². The number of nitrogen functional groups attached to an aromatic ring is 1. The summed E-state index contributed by atoms with van der Waals surface area (Å²) in [6, 6.07) is 8.80. The maximum Gasteiger partial charge on any atom is 0.196 e. The fourth-order valence-corrected chi connectivity index (χ4v) is 1.78. The minimum atomic E-state index is -0.119. The van der Waals surface area contributed by atoms with Gasteiger partial charge in [-0.15, -0.1) is 0 Å². The number of halogens is 1. The summed E-state index contributed by atoms with van der Waals surface area (Å²) in [7, 11) is 0. The standard InChI is InChI=1S/C12H9BrN2O/c13-9-3-1-2-8(6-9)12(16)10-7-15-5-4-11(10)14/h1-7H,(H2,14,15). The minimum absolute atomic E-state index is 0.119. The number of hydrogen-bond donors (Lipinski definition) is 1. The molecule has 1 aromatic heterocycles. The first-order valence-electron chi connectivity index (χ1n) is 4.68. The van der Waals surface area contributed by atoms with Gasteiger partial charge in [0.25, 0.3) is 0 Å². The van der Waals surface area contributed by atoms with Gasteiger partial charge in [0.15, 0.2) is 5.78 Å². The molecular formula is C12H9BrN2O. The maximum absolute atomic E-state index is 12.1. The number of ketones is 1. The van der Waals surface area contributed by atoms with E-state index in [-0.39, 0.29) is 5.78 Å². The molecule has 0 fully saturated rings. The molecule has 1 aromatic carbocycles. The summed E-state index contributed by atoms with van der Waals surface area (Å²) in [5.74, 6) is -0.119. The molecule has 0 atom stereocenters. The molecular weight excluding hydrogens is 268 g/mol. The zero-order valence-corrected chi connectivity index (χ0v) is 9.94. The average molecular weight is 277 g/mol. The second-order valence-corrected chi connectivity index (χ2v) is 4.22. The van der Waals surface area contributed by atoms with Crippen molar-refractivity contribution in [2.75, 3.05) is 5.73 Å². The monoisotopic (exact) mass is 276 g/mol. The van der Waals surface area contributed by atoms with Gasteiger partial charge in [-0.25, -0.2) is 0 Å². The Kier molecular flexibility index (Phi) is 3.01. The molecule has 0 amide bonds. The van der Waals surface area contributed by atoms with Crippen molar-refractivity contribution >= 4 is 27.4 Å². The topological polar surface area (TPSA) is 56.0 Å². The molecule has 0 saturated carbocycles. The quantitative estimate of drug-likeness (QED) is 0.858. The second kappa shape index (κ2) is 4.45. The van der Waals surface area contributed by atoms with Crippen molar-refractivity contribution in [1.82, 2.24) is 4.98 Å². The van der Waals surface area contributed by atoms with Gasteiger partial charge in [-0.3, -0.25) is 9.78 Å². The summed E-state index contributed by atoms with van der Waals surface area (Å²) >= 11 is 3.32. The lowest BCUT2D eigenvalue weighted by molar-refractivity contribution is 0.103. The van der Waals surface area contributed by atoms with Gasteiger partial charge in [-0.1, -0.05) is 28.1 Å². The number of pyridine rings is 1. The van der Waals surface area contributed by atoms with E-state index in [1.807, 2.05) is 12.1 Å². The van der Waals surface area contributed by atoms with Gasteiger partial charge in [0.2, 0.25) is 0 Å². The van der Waals surface area contributed by atoms with Gasteiger partial charge in [0, 0.05) is 28.1 Å². The number of carbonyl (C=O) groups excluding carboxylic acids is 1. The molecule has 80 valence electrons. The zero-order valence-electron chi connectivity index (χ0n) is 8.35. The van der Waals surface area contributed by atoms with Crippen LogP contribution in [0.5, 0.6) is 0 Å². The highest BCUT2D eigenvalue weighted by molar-refractivity contribution is 9.10. The minimum Gasteiger partial charge on any atom is -0.398 e. The van der Waals surface area contributed by atoms with E-state index < -0.39 is 0 Å². The third-order valence-electron chi connectivity index (χ3n) is 2.19. The number of anilines is 1. The van der Waals surface area contributed by atoms with E-state index in [1.165, 1.54) is 6.20 Å². The van der Waals surface area contributed by atoms with Crippen LogP contribution in [0, 0.1) is 0 Å². The van der Waals surface area contributed by atoms with Gasteiger partial charge in [0.05, 0.1) is 5.56 Å². The van der Waals surface area contributed by atoms with Crippen LogP contribution < -0.4 is 5.73 Å². The smallest absolute Gasteiger partial charge is 0.196 e. The summed E-state index contributed by atoms with van der Waals surface area (Å²) in [5.41, 5.74) is 7.19. The number of benzene rings is 1. The number of aromatic nitrogens is 1. The van der Waals surface area contributed by atoms with Crippen molar-refractivity contribution in [3.05, 3.63) is 58.3 Å². The first kappa shape index (κ1) is 10.8. The Hall–Kier alpha value is -1.68. The van der Waals surface area contributed by atoms with Crippen molar-refractivity contribution in [2.45, 2.75) is 0 Å². The Morgan fingerprint density at radius 2 is 2.12 bits per heavy atom. The van der Waals surface area contributed by atoms with E-state index >= 15 is 0 Å². The Labute approximate surface area is 101 Å². The summed E-state index contributed by atoms with van der Waals surface area (Å²) in [4.78, 5) is 16.0. The Morgan fingerprint density at radius 1 is 1.31 bits per heavy atom. The summed E-state index contributed by atoms with van der Waals surface area (Å²) in [5, 5.41) is 0. The largest absolute Gasteiger partial charge is 0.398 e. The summed E-state index contributed by atoms with van der Waals surface area (Å²) in [6.45, 7) is 0. The molecule has 0 spiro atoms. The molecule has 2 N–H and O–H groups in total. The van der Waals surface area contributed by atoms with Gasteiger partial charge < -0.3 is 5.73 Å². The second-order valence-electron chi connectivity index (χ2n) is 3.30. The molecule has 3 nitrogen and oxygen atoms in total. The van der Waals surface area contributed by atoms with Gasteiger partial charge >= 0.3 is 0 Å². The molecule has 1 heterocycles. The zero-order chi connectivity index (χ0) is 11.5. The van der Waals surface area contributed by atoms with Gasteiger partial charge in [-0.05, 0) is 18.2 Å². The third-order valence-corrected chi connectivity index (χ3v) is 2.68. The highest BCUT2D eigenvalue weighted by atomic mass is 79.9. The van der Waals surface area contributed by atoms with Crippen LogP contribution in [-0.4, -0.2) is 10.8 Å². The van der Waals surface area contributed by atoms with E-state index in [1.54, 1.807) is 24.4 Å². The van der Waals surface area contributed by atoms with Crippen molar-refractivity contribution in [3.8, 4) is 0 Å². The van der Waals surface area contributed by atoms with Gasteiger partial charge in [-0.2, -0.15) is 0 Å². The first-order chi connectivity index (χ1) is 7.68. The van der Waals surface area contributed by atoms with Crippen LogP contribution in [0.2, 0.25) is 0 Å². The number of carbonyl (C=O) groups is 1. The van der Waals surface area contributed by atoms with Crippen LogP contribution in [0.25, 0.3) is 0 Å². The van der Waals surface area contributed by atoms with Crippen molar-refractivity contribution in [1.29, 1.82) is 0 Å². The molecule has 2 aromatic rings. The van der Waals surface area contributed by atoms with E-state index in [4.69, 9.17) is 5.73 Å². The summed E-state index contributed by atoms with van der Waals surface area (Å²) < 4.78 is 0.862. The molecule has 16 heavy (non-hydrogen) atoms. The lowest BCUT2D eigenvalue weighted by Gasteiger charge is -2.04. The van der Waals surface area contributed by atoms with Crippen molar-refractivity contribution in [3.63, 3.8) is 0 Å². The van der Waals surface area contributed by atoms with Crippen LogP contribution in [0.3, 0.4) is 0 Å². The predicted molar refractivity (Wildman–Crippen MR) is 66.2 cm³/mol. The van der Waals surface area contributed by atoms with E-state index in [2.05, 4.69) is 20.9 Å². The lowest BCUT2D eigenvalue weighted by Crippen LogP contribution is -2.05. The molecule has 0 aliphatic carbocycles. The SMILES string of the molecule is Nc1ccncc1C(=O)c1cccc(Br)c1. The Morgan fingerprint density at radius 3 is 2.81 bits per heavy atom. The van der Waals surface area contributed by atoms with Crippen LogP contribution in [0.15, 0.2) is 47.2 Å². The molecule has 0 aliphatic heterocycles. The summed E-state index contributed by atoms with van der Waals surface area (Å²) in [6.07, 6.45) is 3.05. The van der Waals surface area contributed by atoms with Crippen LogP contribution in [0.4, 0.5) is 5.69 Å². The van der Waals surface area contributed by atoms with Crippen molar-refractivity contribution in [2.24, 2.45) is 0 Å². The Balaban J connectivity index is 2.44. The highest BCUT2D eigenvalue weighted by Gasteiger charge is 2.12. The number of nitrogens with two attached hydrogens (primary N) is 1. The first-order valence-corrected chi connectivity index (χ1v) is 5.47. The maximum atomic E-state index is 12.1. The molecule has 0 radical (unpaired) electrons. The average Bonchev–Trinajstić information content (AvgIpc) is 2.29. The lowest BCUT2D eigenvalue weighted by atomic mass is 10.0. The van der Waals surface area contributed by atoms with Crippen LogP contribution in [0.1, 0.15) is 15.9 Å². The van der Waals surface area contributed by atoms with Crippen LogP contribution in [-0.2, 0) is 0 Å². The van der Waals surface area contributed by atoms with E-state index in [0.29, 0.717) is 16.8 Å². The molecule has 0 bridgehead atoms. The number of nitrogens with zero attached hydrogens (tertiary/aromatic N) is 1. The molecule has 2 rings (SSSR count). The normalized spacial score (nSPS) is 10.1. The molecule has 4 heteroatoms. The predicted octanol–water partition coefficient (Wildman–Crippen LogP) is 2.66. The fourth-order valence-electron chi connectivity index (χ4n) is 1.38.